The average Bonchev–Trinajstić information content (AvgIpc) is 2.12. The van der Waals surface area contributed by atoms with Gasteiger partial charge >= 0.3 is 0 Å². The molecule has 0 spiro atoms. The molecule has 1 aromatic carbocycles. The predicted octanol–water partition coefficient (Wildman–Crippen LogP) is 2.21. The van der Waals surface area contributed by atoms with E-state index < -0.39 is 0 Å². The molecule has 0 fully saturated rings. The van der Waals surface area contributed by atoms with Crippen LogP contribution in [0.4, 0.5) is 5.69 Å². The zero-order valence-electron chi connectivity index (χ0n) is 8.37. The van der Waals surface area contributed by atoms with Gasteiger partial charge in [-0.2, -0.15) is 0 Å². The van der Waals surface area contributed by atoms with Crippen LogP contribution in [0.3, 0.4) is 0 Å². The molecule has 0 radical (unpaired) electrons. The Morgan fingerprint density at radius 1 is 1.46 bits per heavy atom. The molecule has 1 aliphatic heterocycles. The lowest BCUT2D eigenvalue weighted by Crippen LogP contribution is -2.38. The van der Waals surface area contributed by atoms with Gasteiger partial charge in [-0.25, -0.2) is 0 Å². The van der Waals surface area contributed by atoms with Crippen molar-refractivity contribution in [1.82, 2.24) is 0 Å². The second-order valence-electron chi connectivity index (χ2n) is 3.69. The number of likely N-dealkylation sites (N-methyl/N-ethyl adjacent to an activating group) is 1. The fourth-order valence-electron chi connectivity index (χ4n) is 1.66. The molecule has 13 heavy (non-hydrogen) atoms. The Morgan fingerprint density at radius 3 is 3.00 bits per heavy atom. The molecule has 1 aliphatic rings. The van der Waals surface area contributed by atoms with Crippen LogP contribution in [0.15, 0.2) is 18.2 Å². The fourth-order valence-corrected chi connectivity index (χ4v) is 1.66. The Labute approximate surface area is 79.1 Å². The van der Waals surface area contributed by atoms with Gasteiger partial charge < -0.3 is 9.64 Å². The number of ether oxygens (including phenoxy) is 1. The van der Waals surface area contributed by atoms with Crippen LogP contribution in [-0.2, 0) is 0 Å². The molecule has 2 rings (SSSR count). The minimum absolute atomic E-state index is 0.467. The van der Waals surface area contributed by atoms with Crippen molar-refractivity contribution < 1.29 is 4.74 Å². The number of aryl methyl sites for hydroxylation is 1. The van der Waals surface area contributed by atoms with Crippen molar-refractivity contribution in [3.8, 4) is 5.75 Å². The van der Waals surface area contributed by atoms with Crippen LogP contribution in [0, 0.1) is 6.92 Å². The summed E-state index contributed by atoms with van der Waals surface area (Å²) >= 11 is 0. The van der Waals surface area contributed by atoms with Gasteiger partial charge in [0, 0.05) is 7.05 Å². The maximum atomic E-state index is 5.70. The van der Waals surface area contributed by atoms with Gasteiger partial charge in [0.1, 0.15) is 12.4 Å². The van der Waals surface area contributed by atoms with Crippen LogP contribution in [-0.4, -0.2) is 19.7 Å². The van der Waals surface area contributed by atoms with Crippen molar-refractivity contribution in [3.63, 3.8) is 0 Å². The zero-order chi connectivity index (χ0) is 9.42. The van der Waals surface area contributed by atoms with Crippen LogP contribution in [0.2, 0.25) is 0 Å². The smallest absolute Gasteiger partial charge is 0.145 e. The zero-order valence-corrected chi connectivity index (χ0v) is 8.37. The molecule has 2 heteroatoms. The van der Waals surface area contributed by atoms with Crippen molar-refractivity contribution in [2.75, 3.05) is 18.6 Å². The molecule has 1 unspecified atom stereocenters. The third-order valence-electron chi connectivity index (χ3n) is 2.70. The van der Waals surface area contributed by atoms with Crippen LogP contribution >= 0.6 is 0 Å². The lowest BCUT2D eigenvalue weighted by atomic mass is 10.1. The summed E-state index contributed by atoms with van der Waals surface area (Å²) in [5.74, 6) is 1.04. The van der Waals surface area contributed by atoms with Gasteiger partial charge in [-0.15, -0.1) is 0 Å². The Morgan fingerprint density at radius 2 is 2.23 bits per heavy atom. The van der Waals surface area contributed by atoms with Gasteiger partial charge in [0.25, 0.3) is 0 Å². The summed E-state index contributed by atoms with van der Waals surface area (Å²) in [7, 11) is 2.12. The molecule has 1 atom stereocenters. The highest BCUT2D eigenvalue weighted by molar-refractivity contribution is 5.63. The summed E-state index contributed by atoms with van der Waals surface area (Å²) in [5, 5.41) is 0. The largest absolute Gasteiger partial charge is 0.489 e. The molecule has 0 saturated carbocycles. The van der Waals surface area contributed by atoms with E-state index in [1.807, 2.05) is 0 Å². The van der Waals surface area contributed by atoms with E-state index in [-0.39, 0.29) is 0 Å². The molecule has 1 heterocycles. The van der Waals surface area contributed by atoms with Crippen LogP contribution in [0.1, 0.15) is 12.5 Å². The lowest BCUT2D eigenvalue weighted by Gasteiger charge is -2.34. The number of hydrogen-bond acceptors (Lipinski definition) is 2. The number of nitrogens with zero attached hydrogens (tertiary/aromatic N) is 1. The molecular weight excluding hydrogens is 162 g/mol. The van der Waals surface area contributed by atoms with Gasteiger partial charge in [-0.05, 0) is 25.5 Å². The highest BCUT2D eigenvalue weighted by Gasteiger charge is 2.21. The van der Waals surface area contributed by atoms with Crippen molar-refractivity contribution in [3.05, 3.63) is 23.8 Å². The summed E-state index contributed by atoms with van der Waals surface area (Å²) in [6.45, 7) is 5.04. The molecule has 0 bridgehead atoms. The predicted molar refractivity (Wildman–Crippen MR) is 54.5 cm³/mol. The van der Waals surface area contributed by atoms with E-state index in [0.29, 0.717) is 6.04 Å². The van der Waals surface area contributed by atoms with Crippen molar-refractivity contribution in [2.24, 2.45) is 0 Å². The van der Waals surface area contributed by atoms with E-state index >= 15 is 0 Å². The molecule has 0 aromatic heterocycles. The molecule has 2 nitrogen and oxygen atoms in total. The monoisotopic (exact) mass is 177 g/mol. The number of para-hydroxylation sites is 1. The van der Waals surface area contributed by atoms with E-state index in [0.717, 1.165) is 12.4 Å². The number of benzene rings is 1. The third-order valence-corrected chi connectivity index (χ3v) is 2.70. The average molecular weight is 177 g/mol. The topological polar surface area (TPSA) is 12.5 Å². The third kappa shape index (κ3) is 1.26. The van der Waals surface area contributed by atoms with Crippen molar-refractivity contribution >= 4 is 5.69 Å². The summed E-state index contributed by atoms with van der Waals surface area (Å²) in [6.07, 6.45) is 0. The van der Waals surface area contributed by atoms with E-state index in [1.165, 1.54) is 11.3 Å². The van der Waals surface area contributed by atoms with Crippen LogP contribution < -0.4 is 9.64 Å². The van der Waals surface area contributed by atoms with Gasteiger partial charge in [0.15, 0.2) is 0 Å². The Balaban J connectivity index is 2.49. The van der Waals surface area contributed by atoms with Gasteiger partial charge in [-0.3, -0.25) is 0 Å². The molecule has 0 saturated heterocycles. The first-order valence-corrected chi connectivity index (χ1v) is 4.65. The Bertz CT molecular complexity index is 322. The van der Waals surface area contributed by atoms with Gasteiger partial charge in [-0.1, -0.05) is 12.1 Å². The summed E-state index contributed by atoms with van der Waals surface area (Å²) in [4.78, 5) is 2.27. The molecular formula is C11H15NO. The quantitative estimate of drug-likeness (QED) is 0.602. The Hall–Kier alpha value is -1.18. The second kappa shape index (κ2) is 2.95. The molecule has 70 valence electrons. The molecule has 0 amide bonds. The Kier molecular flexibility index (Phi) is 1.91. The normalized spacial score (nSPS) is 20.8. The molecule has 0 N–H and O–H groups in total. The maximum Gasteiger partial charge on any atom is 0.145 e. The van der Waals surface area contributed by atoms with Crippen molar-refractivity contribution in [2.45, 2.75) is 19.9 Å². The lowest BCUT2D eigenvalue weighted by molar-refractivity contribution is 0.273. The molecule has 1 aromatic rings. The van der Waals surface area contributed by atoms with E-state index in [9.17, 15) is 0 Å². The maximum absolute atomic E-state index is 5.70. The SMILES string of the molecule is Cc1cccc2c1OCC(C)N2C. The first kappa shape index (κ1) is 8.42. The number of rotatable bonds is 0. The van der Waals surface area contributed by atoms with Gasteiger partial charge in [0.05, 0.1) is 11.7 Å². The number of hydrogen-bond donors (Lipinski definition) is 0. The first-order chi connectivity index (χ1) is 6.20. The van der Waals surface area contributed by atoms with E-state index in [2.05, 4.69) is 44.0 Å². The van der Waals surface area contributed by atoms with Crippen molar-refractivity contribution in [1.29, 1.82) is 0 Å². The van der Waals surface area contributed by atoms with Crippen LogP contribution in [0.25, 0.3) is 0 Å². The highest BCUT2D eigenvalue weighted by Crippen LogP contribution is 2.35. The second-order valence-corrected chi connectivity index (χ2v) is 3.69. The summed E-state index contributed by atoms with van der Waals surface area (Å²) in [6, 6.07) is 6.74. The van der Waals surface area contributed by atoms with E-state index in [1.54, 1.807) is 0 Å². The minimum Gasteiger partial charge on any atom is -0.489 e. The van der Waals surface area contributed by atoms with Crippen LogP contribution in [0.5, 0.6) is 5.75 Å². The standard InChI is InChI=1S/C11H15NO/c1-8-5-4-6-10-11(8)13-7-9(2)12(10)3/h4-6,9H,7H2,1-3H3. The molecule has 0 aliphatic carbocycles. The minimum atomic E-state index is 0.467. The van der Waals surface area contributed by atoms with E-state index in [4.69, 9.17) is 4.74 Å². The first-order valence-electron chi connectivity index (χ1n) is 4.65. The summed E-state index contributed by atoms with van der Waals surface area (Å²) in [5.41, 5.74) is 2.43. The fraction of sp³-hybridized carbons (Fsp3) is 0.455. The number of fused-ring (bicyclic) bond motifs is 1. The summed E-state index contributed by atoms with van der Waals surface area (Å²) < 4.78 is 5.70. The number of anilines is 1. The highest BCUT2D eigenvalue weighted by atomic mass is 16.5. The van der Waals surface area contributed by atoms with Gasteiger partial charge in [0.2, 0.25) is 0 Å².